The summed E-state index contributed by atoms with van der Waals surface area (Å²) in [4.78, 5) is 36.9. The van der Waals surface area contributed by atoms with Crippen molar-refractivity contribution in [2.45, 2.75) is 19.4 Å². The van der Waals surface area contributed by atoms with Crippen molar-refractivity contribution < 1.29 is 19.5 Å². The zero-order valence-corrected chi connectivity index (χ0v) is 13.6. The number of aromatic carboxylic acids is 1. The van der Waals surface area contributed by atoms with Gasteiger partial charge >= 0.3 is 5.97 Å². The maximum absolute atomic E-state index is 12.4. The Bertz CT molecular complexity index is 832. The minimum atomic E-state index is -1.00. The first-order valence-corrected chi connectivity index (χ1v) is 8.05. The number of nitrogens with zero attached hydrogens (tertiary/aromatic N) is 1. The second kappa shape index (κ2) is 7.17. The Kier molecular flexibility index (Phi) is 4.79. The number of amides is 2. The van der Waals surface area contributed by atoms with E-state index in [1.807, 2.05) is 6.07 Å². The molecule has 6 heteroatoms. The number of carbonyl (C=O) groups excluding carboxylic acids is 2. The molecular weight excluding hydrogens is 320 g/mol. The topological polar surface area (TPSA) is 86.7 Å². The number of nitrogens with one attached hydrogen (secondary N) is 1. The van der Waals surface area contributed by atoms with Gasteiger partial charge in [0, 0.05) is 30.8 Å². The van der Waals surface area contributed by atoms with Crippen LogP contribution in [-0.4, -0.2) is 29.4 Å². The summed E-state index contributed by atoms with van der Waals surface area (Å²) in [6.45, 7) is 0.902. The maximum atomic E-state index is 12.4. The van der Waals surface area contributed by atoms with Crippen LogP contribution < -0.4 is 10.2 Å². The van der Waals surface area contributed by atoms with Crippen LogP contribution in [-0.2, 0) is 11.3 Å². The number of rotatable bonds is 5. The quantitative estimate of drug-likeness (QED) is 0.877. The Morgan fingerprint density at radius 1 is 1.08 bits per heavy atom. The van der Waals surface area contributed by atoms with Gasteiger partial charge in [0.15, 0.2) is 0 Å². The Morgan fingerprint density at radius 3 is 2.56 bits per heavy atom. The number of anilines is 1. The van der Waals surface area contributed by atoms with Gasteiger partial charge in [-0.3, -0.25) is 9.59 Å². The van der Waals surface area contributed by atoms with Gasteiger partial charge in [0.05, 0.1) is 5.56 Å². The third-order valence-corrected chi connectivity index (χ3v) is 4.12. The molecule has 1 heterocycles. The summed E-state index contributed by atoms with van der Waals surface area (Å²) < 4.78 is 0. The predicted octanol–water partition coefficient (Wildman–Crippen LogP) is 2.44. The average molecular weight is 338 g/mol. The van der Waals surface area contributed by atoms with E-state index in [4.69, 9.17) is 5.11 Å². The lowest BCUT2D eigenvalue weighted by atomic mass is 10.1. The fourth-order valence-electron chi connectivity index (χ4n) is 2.83. The maximum Gasteiger partial charge on any atom is 0.335 e. The SMILES string of the molecule is O=C(O)c1cccc(CNC(=O)c2cccc(N3CCCC3=O)c2)c1. The standard InChI is InChI=1S/C19H18N2O4/c22-17-8-3-9-21(17)16-7-2-5-14(11-16)18(23)20-12-13-4-1-6-15(10-13)19(24)25/h1-2,4-7,10-11H,3,8-9,12H2,(H,20,23)(H,24,25). The van der Waals surface area contributed by atoms with Crippen molar-refractivity contribution in [1.29, 1.82) is 0 Å². The molecule has 6 nitrogen and oxygen atoms in total. The highest BCUT2D eigenvalue weighted by Crippen LogP contribution is 2.22. The van der Waals surface area contributed by atoms with Crippen molar-refractivity contribution in [3.63, 3.8) is 0 Å². The molecule has 0 aliphatic carbocycles. The molecule has 0 aromatic heterocycles. The molecule has 25 heavy (non-hydrogen) atoms. The van der Waals surface area contributed by atoms with Gasteiger partial charge in [0.2, 0.25) is 5.91 Å². The minimum absolute atomic E-state index is 0.0723. The zero-order chi connectivity index (χ0) is 17.8. The molecule has 1 saturated heterocycles. The molecule has 3 rings (SSSR count). The highest BCUT2D eigenvalue weighted by atomic mass is 16.4. The monoisotopic (exact) mass is 338 g/mol. The van der Waals surface area contributed by atoms with Crippen LogP contribution in [0.25, 0.3) is 0 Å². The highest BCUT2D eigenvalue weighted by Gasteiger charge is 2.22. The van der Waals surface area contributed by atoms with Crippen LogP contribution in [0.4, 0.5) is 5.69 Å². The molecular formula is C19H18N2O4. The summed E-state index contributed by atoms with van der Waals surface area (Å²) in [6.07, 6.45) is 1.37. The van der Waals surface area contributed by atoms with Crippen LogP contribution in [0.1, 0.15) is 39.1 Å². The highest BCUT2D eigenvalue weighted by molar-refractivity contribution is 5.99. The van der Waals surface area contributed by atoms with Crippen LogP contribution >= 0.6 is 0 Å². The summed E-state index contributed by atoms with van der Waals surface area (Å²) in [5, 5.41) is 11.8. The van der Waals surface area contributed by atoms with Gasteiger partial charge in [0.1, 0.15) is 0 Å². The van der Waals surface area contributed by atoms with E-state index in [2.05, 4.69) is 5.32 Å². The molecule has 128 valence electrons. The summed E-state index contributed by atoms with van der Waals surface area (Å²) >= 11 is 0. The molecule has 2 aromatic carbocycles. The molecule has 2 amide bonds. The number of benzene rings is 2. The minimum Gasteiger partial charge on any atom is -0.478 e. The second-order valence-electron chi connectivity index (χ2n) is 5.89. The summed E-state index contributed by atoms with van der Waals surface area (Å²) in [7, 11) is 0. The van der Waals surface area contributed by atoms with E-state index in [1.165, 1.54) is 12.1 Å². The van der Waals surface area contributed by atoms with E-state index >= 15 is 0 Å². The van der Waals surface area contributed by atoms with E-state index in [0.717, 1.165) is 12.1 Å². The number of hydrogen-bond acceptors (Lipinski definition) is 3. The second-order valence-corrected chi connectivity index (χ2v) is 5.89. The first kappa shape index (κ1) is 16.7. The molecule has 1 aliphatic heterocycles. The third kappa shape index (κ3) is 3.85. The summed E-state index contributed by atoms with van der Waals surface area (Å²) in [6, 6.07) is 13.4. The average Bonchev–Trinajstić information content (AvgIpc) is 3.06. The number of carbonyl (C=O) groups is 3. The largest absolute Gasteiger partial charge is 0.478 e. The van der Waals surface area contributed by atoms with Gasteiger partial charge in [-0.2, -0.15) is 0 Å². The van der Waals surface area contributed by atoms with Crippen molar-refractivity contribution in [2.24, 2.45) is 0 Å². The van der Waals surface area contributed by atoms with Crippen LogP contribution in [0, 0.1) is 0 Å². The zero-order valence-electron chi connectivity index (χ0n) is 13.6. The van der Waals surface area contributed by atoms with Gasteiger partial charge in [-0.25, -0.2) is 4.79 Å². The number of carboxylic acids is 1. The molecule has 0 atom stereocenters. The van der Waals surface area contributed by atoms with Gasteiger partial charge in [0.25, 0.3) is 5.91 Å². The van der Waals surface area contributed by atoms with E-state index in [-0.39, 0.29) is 23.9 Å². The lowest BCUT2D eigenvalue weighted by Gasteiger charge is -2.16. The molecule has 1 aliphatic rings. The molecule has 0 unspecified atom stereocenters. The van der Waals surface area contributed by atoms with Crippen LogP contribution in [0.15, 0.2) is 48.5 Å². The number of hydrogen-bond donors (Lipinski definition) is 2. The van der Waals surface area contributed by atoms with E-state index in [1.54, 1.807) is 35.2 Å². The van der Waals surface area contributed by atoms with Gasteiger partial charge in [-0.05, 0) is 42.3 Å². The van der Waals surface area contributed by atoms with Gasteiger partial charge in [-0.15, -0.1) is 0 Å². The van der Waals surface area contributed by atoms with E-state index < -0.39 is 5.97 Å². The van der Waals surface area contributed by atoms with Crippen molar-refractivity contribution in [2.75, 3.05) is 11.4 Å². The van der Waals surface area contributed by atoms with Crippen molar-refractivity contribution in [3.8, 4) is 0 Å². The van der Waals surface area contributed by atoms with Gasteiger partial charge < -0.3 is 15.3 Å². The van der Waals surface area contributed by atoms with Crippen molar-refractivity contribution in [3.05, 3.63) is 65.2 Å². The lowest BCUT2D eigenvalue weighted by molar-refractivity contribution is -0.117. The summed E-state index contributed by atoms with van der Waals surface area (Å²) in [5.41, 5.74) is 2.08. The Labute approximate surface area is 145 Å². The molecule has 1 fully saturated rings. The predicted molar refractivity (Wildman–Crippen MR) is 92.6 cm³/mol. The van der Waals surface area contributed by atoms with E-state index in [9.17, 15) is 14.4 Å². The Balaban J connectivity index is 1.68. The van der Waals surface area contributed by atoms with Crippen molar-refractivity contribution >= 4 is 23.5 Å². The normalized spacial score (nSPS) is 13.8. The van der Waals surface area contributed by atoms with Crippen LogP contribution in [0.2, 0.25) is 0 Å². The molecule has 2 aromatic rings. The summed E-state index contributed by atoms with van der Waals surface area (Å²) in [5.74, 6) is -1.20. The first-order valence-electron chi connectivity index (χ1n) is 8.05. The van der Waals surface area contributed by atoms with Crippen LogP contribution in [0.3, 0.4) is 0 Å². The molecule has 0 saturated carbocycles. The van der Waals surface area contributed by atoms with Crippen molar-refractivity contribution in [1.82, 2.24) is 5.32 Å². The molecule has 0 bridgehead atoms. The lowest BCUT2D eigenvalue weighted by Crippen LogP contribution is -2.25. The Hall–Kier alpha value is -3.15. The van der Waals surface area contributed by atoms with Gasteiger partial charge in [-0.1, -0.05) is 18.2 Å². The number of carboxylic acid groups (broad SMARTS) is 1. The molecule has 0 spiro atoms. The third-order valence-electron chi connectivity index (χ3n) is 4.12. The molecule has 2 N–H and O–H groups in total. The first-order chi connectivity index (χ1) is 12.0. The van der Waals surface area contributed by atoms with Crippen LogP contribution in [0.5, 0.6) is 0 Å². The Morgan fingerprint density at radius 2 is 1.84 bits per heavy atom. The fraction of sp³-hybridized carbons (Fsp3) is 0.211. The smallest absolute Gasteiger partial charge is 0.335 e. The molecule has 0 radical (unpaired) electrons. The van der Waals surface area contributed by atoms with E-state index in [0.29, 0.717) is 24.1 Å². The fourth-order valence-corrected chi connectivity index (χ4v) is 2.83.